The molecule has 0 saturated carbocycles. The Morgan fingerprint density at radius 2 is 1.91 bits per heavy atom. The first-order valence-corrected chi connectivity index (χ1v) is 8.20. The minimum absolute atomic E-state index is 0.0736. The molecular formula is C18H28N2O3. The Morgan fingerprint density at radius 1 is 1.35 bits per heavy atom. The van der Waals surface area contributed by atoms with Crippen LogP contribution in [-0.4, -0.2) is 48.4 Å². The summed E-state index contributed by atoms with van der Waals surface area (Å²) < 4.78 is 5.28. The summed E-state index contributed by atoms with van der Waals surface area (Å²) in [5, 5.41) is 13.6. The SMILES string of the molecule is Cc1cccc(C)c1C(C)NC(=O)N(C)CC1(O)CCOCC1. The lowest BCUT2D eigenvalue weighted by Crippen LogP contribution is -2.50. The summed E-state index contributed by atoms with van der Waals surface area (Å²) in [5.74, 6) is 0. The number of hydrogen-bond donors (Lipinski definition) is 2. The summed E-state index contributed by atoms with van der Waals surface area (Å²) in [6, 6.07) is 5.89. The first-order chi connectivity index (χ1) is 10.8. The molecule has 5 nitrogen and oxygen atoms in total. The fourth-order valence-corrected chi connectivity index (χ4v) is 3.30. The second kappa shape index (κ2) is 7.32. The van der Waals surface area contributed by atoms with Crippen LogP contribution >= 0.6 is 0 Å². The molecule has 1 aromatic rings. The largest absolute Gasteiger partial charge is 0.388 e. The number of carbonyl (C=O) groups excluding carboxylic acids is 1. The van der Waals surface area contributed by atoms with Gasteiger partial charge < -0.3 is 20.1 Å². The third-order valence-electron chi connectivity index (χ3n) is 4.62. The van der Waals surface area contributed by atoms with Gasteiger partial charge in [0.05, 0.1) is 18.2 Å². The molecule has 5 heteroatoms. The van der Waals surface area contributed by atoms with Gasteiger partial charge in [-0.05, 0) is 37.5 Å². The van der Waals surface area contributed by atoms with Gasteiger partial charge in [-0.15, -0.1) is 0 Å². The monoisotopic (exact) mass is 320 g/mol. The number of benzene rings is 1. The summed E-state index contributed by atoms with van der Waals surface area (Å²) in [6.07, 6.45) is 1.13. The molecule has 1 atom stereocenters. The van der Waals surface area contributed by atoms with Crippen molar-refractivity contribution in [3.8, 4) is 0 Å². The molecule has 1 aliphatic rings. The van der Waals surface area contributed by atoms with E-state index >= 15 is 0 Å². The number of likely N-dealkylation sites (N-methyl/N-ethyl adjacent to an activating group) is 1. The molecule has 1 unspecified atom stereocenters. The van der Waals surface area contributed by atoms with E-state index in [0.717, 1.165) is 5.56 Å². The van der Waals surface area contributed by atoms with E-state index in [4.69, 9.17) is 4.74 Å². The van der Waals surface area contributed by atoms with Crippen LogP contribution < -0.4 is 5.32 Å². The van der Waals surface area contributed by atoms with Gasteiger partial charge in [0.15, 0.2) is 0 Å². The van der Waals surface area contributed by atoms with Crippen LogP contribution in [0.2, 0.25) is 0 Å². The van der Waals surface area contributed by atoms with Crippen LogP contribution in [0.1, 0.15) is 42.5 Å². The van der Waals surface area contributed by atoms with Crippen LogP contribution in [0.4, 0.5) is 4.79 Å². The average Bonchev–Trinajstić information content (AvgIpc) is 2.47. The van der Waals surface area contributed by atoms with E-state index in [-0.39, 0.29) is 12.1 Å². The van der Waals surface area contributed by atoms with Gasteiger partial charge in [-0.2, -0.15) is 0 Å². The van der Waals surface area contributed by atoms with Gasteiger partial charge in [-0.1, -0.05) is 18.2 Å². The number of urea groups is 1. The standard InChI is InChI=1S/C18H28N2O3/c1-13-6-5-7-14(2)16(13)15(3)19-17(21)20(4)12-18(22)8-10-23-11-9-18/h5-7,15,22H,8-12H2,1-4H3,(H,19,21). The molecule has 2 rings (SSSR count). The highest BCUT2D eigenvalue weighted by molar-refractivity contribution is 5.74. The number of amides is 2. The molecular weight excluding hydrogens is 292 g/mol. The summed E-state index contributed by atoms with van der Waals surface area (Å²) >= 11 is 0. The van der Waals surface area contributed by atoms with Crippen molar-refractivity contribution in [2.75, 3.05) is 26.8 Å². The lowest BCUT2D eigenvalue weighted by Gasteiger charge is -2.35. The van der Waals surface area contributed by atoms with E-state index in [9.17, 15) is 9.90 Å². The number of rotatable bonds is 4. The van der Waals surface area contributed by atoms with E-state index in [1.807, 2.05) is 13.0 Å². The second-order valence-corrected chi connectivity index (χ2v) is 6.67. The molecule has 1 aliphatic heterocycles. The van der Waals surface area contributed by atoms with Crippen LogP contribution in [0.5, 0.6) is 0 Å². The number of aliphatic hydroxyl groups is 1. The van der Waals surface area contributed by atoms with E-state index in [0.29, 0.717) is 32.6 Å². The number of ether oxygens (including phenoxy) is 1. The highest BCUT2D eigenvalue weighted by atomic mass is 16.5. The normalized spacial score (nSPS) is 18.3. The molecule has 128 valence electrons. The topological polar surface area (TPSA) is 61.8 Å². The fraction of sp³-hybridized carbons (Fsp3) is 0.611. The molecule has 0 aromatic heterocycles. The van der Waals surface area contributed by atoms with E-state index < -0.39 is 5.60 Å². The molecule has 0 radical (unpaired) electrons. The van der Waals surface area contributed by atoms with Crippen LogP contribution in [-0.2, 0) is 4.74 Å². The highest BCUT2D eigenvalue weighted by Crippen LogP contribution is 2.23. The zero-order valence-electron chi connectivity index (χ0n) is 14.6. The summed E-state index contributed by atoms with van der Waals surface area (Å²) in [7, 11) is 1.72. The molecule has 0 aliphatic carbocycles. The quantitative estimate of drug-likeness (QED) is 0.896. The van der Waals surface area contributed by atoms with Gasteiger partial charge in [0, 0.05) is 33.1 Å². The maximum absolute atomic E-state index is 12.4. The molecule has 2 amide bonds. The Labute approximate surface area is 138 Å². The summed E-state index contributed by atoms with van der Waals surface area (Å²) in [4.78, 5) is 14.0. The van der Waals surface area contributed by atoms with Crippen LogP contribution in [0.3, 0.4) is 0 Å². The van der Waals surface area contributed by atoms with E-state index in [2.05, 4.69) is 31.3 Å². The van der Waals surface area contributed by atoms with Crippen molar-refractivity contribution in [2.24, 2.45) is 0 Å². The Balaban J connectivity index is 1.97. The van der Waals surface area contributed by atoms with Crippen molar-refractivity contribution in [3.05, 3.63) is 34.9 Å². The first kappa shape index (κ1) is 17.8. The lowest BCUT2D eigenvalue weighted by molar-refractivity contribution is -0.0723. The molecule has 2 N–H and O–H groups in total. The lowest BCUT2D eigenvalue weighted by atomic mass is 9.94. The molecule has 23 heavy (non-hydrogen) atoms. The molecule has 1 aromatic carbocycles. The number of nitrogens with one attached hydrogen (secondary N) is 1. The predicted molar refractivity (Wildman–Crippen MR) is 90.5 cm³/mol. The number of aryl methyl sites for hydroxylation is 2. The minimum Gasteiger partial charge on any atom is -0.388 e. The molecule has 1 saturated heterocycles. The Hall–Kier alpha value is -1.59. The Bertz CT molecular complexity index is 533. The number of nitrogens with zero attached hydrogens (tertiary/aromatic N) is 1. The third kappa shape index (κ3) is 4.45. The van der Waals surface area contributed by atoms with Crippen molar-refractivity contribution >= 4 is 6.03 Å². The maximum Gasteiger partial charge on any atom is 0.317 e. The van der Waals surface area contributed by atoms with Crippen molar-refractivity contribution in [1.82, 2.24) is 10.2 Å². The highest BCUT2D eigenvalue weighted by Gasteiger charge is 2.32. The van der Waals surface area contributed by atoms with Gasteiger partial charge >= 0.3 is 6.03 Å². The zero-order chi connectivity index (χ0) is 17.0. The summed E-state index contributed by atoms with van der Waals surface area (Å²) in [6.45, 7) is 7.51. The van der Waals surface area contributed by atoms with Crippen LogP contribution in [0.15, 0.2) is 18.2 Å². The van der Waals surface area contributed by atoms with Crippen molar-refractivity contribution in [3.63, 3.8) is 0 Å². The maximum atomic E-state index is 12.4. The fourth-order valence-electron chi connectivity index (χ4n) is 3.30. The molecule has 0 bridgehead atoms. The van der Waals surface area contributed by atoms with Crippen LogP contribution in [0, 0.1) is 13.8 Å². The van der Waals surface area contributed by atoms with Gasteiger partial charge in [0.1, 0.15) is 0 Å². The smallest absolute Gasteiger partial charge is 0.317 e. The van der Waals surface area contributed by atoms with Gasteiger partial charge in [-0.25, -0.2) is 4.79 Å². The van der Waals surface area contributed by atoms with E-state index in [1.54, 1.807) is 11.9 Å². The van der Waals surface area contributed by atoms with E-state index in [1.165, 1.54) is 11.1 Å². The zero-order valence-corrected chi connectivity index (χ0v) is 14.6. The Morgan fingerprint density at radius 3 is 2.48 bits per heavy atom. The number of hydrogen-bond acceptors (Lipinski definition) is 3. The van der Waals surface area contributed by atoms with Gasteiger partial charge in [-0.3, -0.25) is 0 Å². The van der Waals surface area contributed by atoms with Gasteiger partial charge in [0.25, 0.3) is 0 Å². The summed E-state index contributed by atoms with van der Waals surface area (Å²) in [5.41, 5.74) is 2.65. The third-order valence-corrected chi connectivity index (χ3v) is 4.62. The molecule has 1 fully saturated rings. The molecule has 0 spiro atoms. The second-order valence-electron chi connectivity index (χ2n) is 6.67. The first-order valence-electron chi connectivity index (χ1n) is 8.20. The Kier molecular flexibility index (Phi) is 5.65. The molecule has 1 heterocycles. The van der Waals surface area contributed by atoms with Crippen molar-refractivity contribution in [1.29, 1.82) is 0 Å². The van der Waals surface area contributed by atoms with Crippen molar-refractivity contribution < 1.29 is 14.6 Å². The van der Waals surface area contributed by atoms with Crippen LogP contribution in [0.25, 0.3) is 0 Å². The van der Waals surface area contributed by atoms with Crippen molar-refractivity contribution in [2.45, 2.75) is 45.3 Å². The number of carbonyl (C=O) groups is 1. The average molecular weight is 320 g/mol. The minimum atomic E-state index is -0.841. The van der Waals surface area contributed by atoms with Gasteiger partial charge in [0.2, 0.25) is 0 Å². The predicted octanol–water partition coefficient (Wildman–Crippen LogP) is 2.55.